The summed E-state index contributed by atoms with van der Waals surface area (Å²) in [6.07, 6.45) is 2.99. The molecule has 0 bridgehead atoms. The van der Waals surface area contributed by atoms with Crippen LogP contribution in [0.3, 0.4) is 0 Å². The monoisotopic (exact) mass is 521 g/mol. The normalized spacial score (nSPS) is 10.8. The number of benzene rings is 2. The zero-order valence-electron chi connectivity index (χ0n) is 17.1. The van der Waals surface area contributed by atoms with Gasteiger partial charge < -0.3 is 4.74 Å². The maximum Gasteiger partial charge on any atom is 0.278 e. The molecule has 0 aliphatic rings. The van der Waals surface area contributed by atoms with Crippen LogP contribution in [0.5, 0.6) is 5.75 Å². The average Bonchev–Trinajstić information content (AvgIpc) is 3.44. The summed E-state index contributed by atoms with van der Waals surface area (Å²) in [5.41, 5.74) is 0.749. The third-order valence-electron chi connectivity index (χ3n) is 4.46. The molecule has 2 heterocycles. The highest BCUT2D eigenvalue weighted by molar-refractivity contribution is 6.35. The van der Waals surface area contributed by atoms with Gasteiger partial charge in [-0.2, -0.15) is 5.10 Å². The van der Waals surface area contributed by atoms with Crippen molar-refractivity contribution in [1.29, 1.82) is 0 Å². The topological polar surface area (TPSA) is 130 Å². The lowest BCUT2D eigenvalue weighted by Gasteiger charge is -2.07. The Morgan fingerprint density at radius 2 is 1.88 bits per heavy atom. The number of ether oxygens (including phenoxy) is 1. The van der Waals surface area contributed by atoms with Crippen molar-refractivity contribution in [3.63, 3.8) is 0 Å². The molecule has 14 heteroatoms. The number of non-ortho nitro benzene ring substituents is 1. The SMILES string of the molecule is O=C(Nc1ncn(Cc2ccc(Cl)cc2Cl)n1)c1ccn(COc2ccc([N+](=O)[O-])cc2Cl)n1. The molecule has 2 aromatic carbocycles. The minimum absolute atomic E-state index is 0.0699. The van der Waals surface area contributed by atoms with Gasteiger partial charge in [0.1, 0.15) is 12.1 Å². The number of nitrogens with zero attached hydrogens (tertiary/aromatic N) is 6. The minimum Gasteiger partial charge on any atom is -0.470 e. The lowest BCUT2D eigenvalue weighted by atomic mass is 10.2. The van der Waals surface area contributed by atoms with E-state index in [0.29, 0.717) is 16.6 Å². The van der Waals surface area contributed by atoms with E-state index >= 15 is 0 Å². The van der Waals surface area contributed by atoms with E-state index in [1.165, 1.54) is 46.2 Å². The zero-order valence-corrected chi connectivity index (χ0v) is 19.3. The smallest absolute Gasteiger partial charge is 0.278 e. The number of amides is 1. The first kappa shape index (κ1) is 23.5. The van der Waals surface area contributed by atoms with Gasteiger partial charge in [0.2, 0.25) is 5.95 Å². The molecule has 0 unspecified atom stereocenters. The molecule has 0 aliphatic heterocycles. The van der Waals surface area contributed by atoms with Crippen LogP contribution in [0, 0.1) is 10.1 Å². The lowest BCUT2D eigenvalue weighted by molar-refractivity contribution is -0.384. The fourth-order valence-electron chi connectivity index (χ4n) is 2.83. The van der Waals surface area contributed by atoms with E-state index < -0.39 is 10.8 Å². The van der Waals surface area contributed by atoms with Gasteiger partial charge in [-0.15, -0.1) is 5.10 Å². The Balaban J connectivity index is 1.34. The third kappa shape index (κ3) is 5.63. The van der Waals surface area contributed by atoms with E-state index in [1.807, 2.05) is 0 Å². The lowest BCUT2D eigenvalue weighted by Crippen LogP contribution is -2.15. The van der Waals surface area contributed by atoms with Crippen LogP contribution in [-0.4, -0.2) is 35.4 Å². The summed E-state index contributed by atoms with van der Waals surface area (Å²) < 4.78 is 8.39. The number of hydrogen-bond donors (Lipinski definition) is 1. The van der Waals surface area contributed by atoms with Crippen molar-refractivity contribution in [2.45, 2.75) is 13.3 Å². The summed E-state index contributed by atoms with van der Waals surface area (Å²) in [6.45, 7) is 0.273. The summed E-state index contributed by atoms with van der Waals surface area (Å²) >= 11 is 18.1. The van der Waals surface area contributed by atoms with Crippen molar-refractivity contribution in [1.82, 2.24) is 24.5 Å². The molecule has 11 nitrogen and oxygen atoms in total. The molecule has 0 radical (unpaired) electrons. The quantitative estimate of drug-likeness (QED) is 0.263. The van der Waals surface area contributed by atoms with E-state index in [0.717, 1.165) is 5.56 Å². The minimum atomic E-state index is -0.557. The second-order valence-corrected chi connectivity index (χ2v) is 8.09. The van der Waals surface area contributed by atoms with Crippen LogP contribution >= 0.6 is 34.8 Å². The maximum atomic E-state index is 12.5. The number of nitrogens with one attached hydrogen (secondary N) is 1. The molecule has 0 spiro atoms. The van der Waals surface area contributed by atoms with Gasteiger partial charge in [0.15, 0.2) is 12.4 Å². The van der Waals surface area contributed by atoms with Crippen LogP contribution in [0.4, 0.5) is 11.6 Å². The first-order chi connectivity index (χ1) is 16.3. The van der Waals surface area contributed by atoms with Gasteiger partial charge in [-0.3, -0.25) is 20.2 Å². The van der Waals surface area contributed by atoms with Gasteiger partial charge in [-0.1, -0.05) is 40.9 Å². The Morgan fingerprint density at radius 1 is 1.06 bits per heavy atom. The van der Waals surface area contributed by atoms with Crippen molar-refractivity contribution in [2.75, 3.05) is 5.32 Å². The van der Waals surface area contributed by atoms with Gasteiger partial charge in [0.25, 0.3) is 11.6 Å². The highest BCUT2D eigenvalue weighted by atomic mass is 35.5. The molecule has 2 aromatic heterocycles. The van der Waals surface area contributed by atoms with Gasteiger partial charge >= 0.3 is 0 Å². The number of nitro benzene ring substituents is 1. The van der Waals surface area contributed by atoms with Crippen molar-refractivity contribution >= 4 is 52.3 Å². The zero-order chi connectivity index (χ0) is 24.2. The summed E-state index contributed by atoms with van der Waals surface area (Å²) in [7, 11) is 0. The maximum absolute atomic E-state index is 12.5. The van der Waals surface area contributed by atoms with Crippen molar-refractivity contribution in [3.05, 3.63) is 91.4 Å². The summed E-state index contributed by atoms with van der Waals surface area (Å²) in [5.74, 6) is -0.183. The fraction of sp³-hybridized carbons (Fsp3) is 0.100. The molecule has 0 fully saturated rings. The molecule has 0 saturated carbocycles. The van der Waals surface area contributed by atoms with Crippen molar-refractivity contribution in [2.24, 2.45) is 0 Å². The molecule has 174 valence electrons. The molecule has 0 atom stereocenters. The molecule has 4 aromatic rings. The van der Waals surface area contributed by atoms with Crippen LogP contribution in [0.1, 0.15) is 16.1 Å². The number of rotatable bonds is 8. The molecule has 34 heavy (non-hydrogen) atoms. The Bertz CT molecular complexity index is 1370. The van der Waals surface area contributed by atoms with Crippen LogP contribution in [0.2, 0.25) is 15.1 Å². The largest absolute Gasteiger partial charge is 0.470 e. The van der Waals surface area contributed by atoms with E-state index in [1.54, 1.807) is 18.2 Å². The average molecular weight is 523 g/mol. The highest BCUT2D eigenvalue weighted by Gasteiger charge is 2.14. The number of aromatic nitrogens is 5. The van der Waals surface area contributed by atoms with E-state index in [-0.39, 0.29) is 34.8 Å². The highest BCUT2D eigenvalue weighted by Crippen LogP contribution is 2.28. The van der Waals surface area contributed by atoms with Crippen LogP contribution in [0.25, 0.3) is 0 Å². The third-order valence-corrected chi connectivity index (χ3v) is 5.34. The predicted molar refractivity (Wildman–Crippen MR) is 125 cm³/mol. The van der Waals surface area contributed by atoms with Gasteiger partial charge in [-0.05, 0) is 29.8 Å². The van der Waals surface area contributed by atoms with E-state index in [4.69, 9.17) is 39.5 Å². The van der Waals surface area contributed by atoms with Crippen LogP contribution in [-0.2, 0) is 13.3 Å². The predicted octanol–water partition coefficient (Wildman–Crippen LogP) is 4.68. The summed E-state index contributed by atoms with van der Waals surface area (Å²) in [6, 6.07) is 10.5. The Hall–Kier alpha value is -3.67. The number of halogens is 3. The van der Waals surface area contributed by atoms with E-state index in [9.17, 15) is 14.9 Å². The number of nitro groups is 1. The Kier molecular flexibility index (Phi) is 6.96. The van der Waals surface area contributed by atoms with Gasteiger partial charge in [0, 0.05) is 28.4 Å². The number of carbonyl (C=O) groups excluding carboxylic acids is 1. The standard InChI is InChI=1S/C20H14Cl3N7O4/c21-13-2-1-12(15(22)7-13)9-29-10-24-20(27-29)25-19(31)17-5-6-28(26-17)11-34-18-4-3-14(30(32)33)8-16(18)23/h1-8,10H,9,11H2,(H,25,27,31). The number of carbonyl (C=O) groups is 1. The van der Waals surface area contributed by atoms with Gasteiger partial charge in [0.05, 0.1) is 16.5 Å². The molecule has 0 aliphatic carbocycles. The second kappa shape index (κ2) is 10.1. The fourth-order valence-corrected chi connectivity index (χ4v) is 3.53. The number of hydrogen-bond acceptors (Lipinski definition) is 7. The molecule has 1 N–H and O–H groups in total. The Morgan fingerprint density at radius 3 is 2.62 bits per heavy atom. The van der Waals surface area contributed by atoms with Gasteiger partial charge in [-0.25, -0.2) is 14.3 Å². The first-order valence-corrected chi connectivity index (χ1v) is 10.7. The van der Waals surface area contributed by atoms with Crippen LogP contribution in [0.15, 0.2) is 55.0 Å². The van der Waals surface area contributed by atoms with E-state index in [2.05, 4.69) is 20.5 Å². The second-order valence-electron chi connectivity index (χ2n) is 6.84. The Labute approximate surface area is 207 Å². The van der Waals surface area contributed by atoms with Crippen molar-refractivity contribution < 1.29 is 14.5 Å². The molecular weight excluding hydrogens is 509 g/mol. The first-order valence-electron chi connectivity index (χ1n) is 9.53. The molecule has 4 rings (SSSR count). The summed E-state index contributed by atoms with van der Waals surface area (Å²) in [5, 5.41) is 22.8. The van der Waals surface area contributed by atoms with Crippen LogP contribution < -0.4 is 10.1 Å². The molecular formula is C20H14Cl3N7O4. The van der Waals surface area contributed by atoms with Crippen molar-refractivity contribution in [3.8, 4) is 5.75 Å². The summed E-state index contributed by atoms with van der Waals surface area (Å²) in [4.78, 5) is 26.8. The molecule has 1 amide bonds. The number of anilines is 1. The molecule has 0 saturated heterocycles.